The normalized spacial score (nSPS) is 13.0. The molecule has 1 unspecified atom stereocenters. The number of hydrogen-bond acceptors (Lipinski definition) is 6. The lowest BCUT2D eigenvalue weighted by atomic mass is 10.1. The Balaban J connectivity index is 2.35. The van der Waals surface area contributed by atoms with Crippen molar-refractivity contribution in [1.29, 1.82) is 0 Å². The Morgan fingerprint density at radius 2 is 1.71 bits per heavy atom. The second kappa shape index (κ2) is 5.60. The van der Waals surface area contributed by atoms with Gasteiger partial charge in [-0.1, -0.05) is 5.16 Å². The van der Waals surface area contributed by atoms with Crippen molar-refractivity contribution >= 4 is 0 Å². The summed E-state index contributed by atoms with van der Waals surface area (Å²) in [5.74, 6) is -0.834. The van der Waals surface area contributed by atoms with Gasteiger partial charge in [-0.15, -0.1) is 0 Å². The first-order valence-electron chi connectivity index (χ1n) is 5.74. The number of methoxy groups -OCH3 is 2. The molecule has 2 rings (SSSR count). The summed E-state index contributed by atoms with van der Waals surface area (Å²) in [6.07, 6.45) is -4.71. The molecule has 1 aromatic carbocycles. The first kappa shape index (κ1) is 15.1. The number of aromatic nitrogens is 2. The van der Waals surface area contributed by atoms with E-state index in [0.29, 0.717) is 17.1 Å². The van der Waals surface area contributed by atoms with Crippen molar-refractivity contribution in [2.24, 2.45) is 5.73 Å². The lowest BCUT2D eigenvalue weighted by Crippen LogP contribution is -2.14. The molecule has 1 heterocycles. The molecule has 0 bridgehead atoms. The van der Waals surface area contributed by atoms with E-state index in [1.54, 1.807) is 18.2 Å². The minimum Gasteiger partial charge on any atom is -0.497 e. The second-order valence-electron chi connectivity index (χ2n) is 4.08. The fourth-order valence-corrected chi connectivity index (χ4v) is 1.63. The van der Waals surface area contributed by atoms with Gasteiger partial charge in [0.2, 0.25) is 0 Å². The minimum atomic E-state index is -4.71. The molecule has 2 aromatic rings. The Labute approximate surface area is 117 Å². The SMILES string of the molecule is COc1cc(OC)cc(C(N)c2noc(C(F)(F)F)n2)c1. The zero-order valence-electron chi connectivity index (χ0n) is 11.1. The van der Waals surface area contributed by atoms with Crippen molar-refractivity contribution in [2.75, 3.05) is 14.2 Å². The van der Waals surface area contributed by atoms with E-state index in [1.807, 2.05) is 0 Å². The zero-order chi connectivity index (χ0) is 15.6. The number of alkyl halides is 3. The van der Waals surface area contributed by atoms with Gasteiger partial charge in [0, 0.05) is 6.07 Å². The van der Waals surface area contributed by atoms with Crippen molar-refractivity contribution in [2.45, 2.75) is 12.2 Å². The number of rotatable bonds is 4. The van der Waals surface area contributed by atoms with Crippen LogP contribution in [-0.4, -0.2) is 24.4 Å². The molecule has 9 heteroatoms. The predicted molar refractivity (Wildman–Crippen MR) is 64.9 cm³/mol. The second-order valence-corrected chi connectivity index (χ2v) is 4.08. The lowest BCUT2D eigenvalue weighted by molar-refractivity contribution is -0.159. The van der Waals surface area contributed by atoms with Crippen LogP contribution in [0.3, 0.4) is 0 Å². The first-order chi connectivity index (χ1) is 9.85. The molecule has 1 aromatic heterocycles. The van der Waals surface area contributed by atoms with E-state index in [1.165, 1.54) is 14.2 Å². The van der Waals surface area contributed by atoms with Gasteiger partial charge in [0.15, 0.2) is 5.82 Å². The molecule has 0 amide bonds. The van der Waals surface area contributed by atoms with Gasteiger partial charge >= 0.3 is 12.1 Å². The molecule has 1 atom stereocenters. The van der Waals surface area contributed by atoms with Crippen LogP contribution in [0.15, 0.2) is 22.7 Å². The van der Waals surface area contributed by atoms with Crippen molar-refractivity contribution in [3.63, 3.8) is 0 Å². The summed E-state index contributed by atoms with van der Waals surface area (Å²) < 4.78 is 51.6. The molecule has 2 N–H and O–H groups in total. The molecule has 114 valence electrons. The van der Waals surface area contributed by atoms with Gasteiger partial charge in [0.05, 0.1) is 20.3 Å². The average molecular weight is 303 g/mol. The number of benzene rings is 1. The highest BCUT2D eigenvalue weighted by Gasteiger charge is 2.39. The van der Waals surface area contributed by atoms with E-state index in [-0.39, 0.29) is 5.82 Å². The smallest absolute Gasteiger partial charge is 0.471 e. The molecular weight excluding hydrogens is 291 g/mol. The maximum absolute atomic E-state index is 12.4. The maximum atomic E-state index is 12.4. The van der Waals surface area contributed by atoms with Crippen LogP contribution in [0.4, 0.5) is 13.2 Å². The Morgan fingerprint density at radius 3 is 2.14 bits per heavy atom. The van der Waals surface area contributed by atoms with Crippen molar-refractivity contribution in [1.82, 2.24) is 10.1 Å². The van der Waals surface area contributed by atoms with Crippen LogP contribution in [0, 0.1) is 0 Å². The van der Waals surface area contributed by atoms with Crippen LogP contribution in [0.5, 0.6) is 11.5 Å². The van der Waals surface area contributed by atoms with E-state index >= 15 is 0 Å². The predicted octanol–water partition coefficient (Wildman–Crippen LogP) is 2.15. The van der Waals surface area contributed by atoms with E-state index in [2.05, 4.69) is 14.7 Å². The summed E-state index contributed by atoms with van der Waals surface area (Å²) in [6, 6.07) is 3.70. The molecule has 0 radical (unpaired) electrons. The quantitative estimate of drug-likeness (QED) is 0.931. The minimum absolute atomic E-state index is 0.280. The van der Waals surface area contributed by atoms with Crippen molar-refractivity contribution in [3.05, 3.63) is 35.5 Å². The highest BCUT2D eigenvalue weighted by molar-refractivity contribution is 5.41. The number of nitrogens with zero attached hydrogens (tertiary/aromatic N) is 2. The van der Waals surface area contributed by atoms with Gasteiger partial charge in [-0.25, -0.2) is 0 Å². The van der Waals surface area contributed by atoms with Crippen LogP contribution < -0.4 is 15.2 Å². The summed E-state index contributed by atoms with van der Waals surface area (Å²) in [6.45, 7) is 0. The van der Waals surface area contributed by atoms with Crippen LogP contribution in [0.1, 0.15) is 23.3 Å². The molecular formula is C12H12F3N3O3. The zero-order valence-corrected chi connectivity index (χ0v) is 11.1. The molecule has 21 heavy (non-hydrogen) atoms. The van der Waals surface area contributed by atoms with Crippen LogP contribution in [0.2, 0.25) is 0 Å². The third kappa shape index (κ3) is 3.24. The Morgan fingerprint density at radius 1 is 1.14 bits per heavy atom. The summed E-state index contributed by atoms with van der Waals surface area (Å²) in [5, 5.41) is 3.26. The monoisotopic (exact) mass is 303 g/mol. The highest BCUT2D eigenvalue weighted by Crippen LogP contribution is 2.31. The van der Waals surface area contributed by atoms with Gasteiger partial charge in [0.25, 0.3) is 0 Å². The Kier molecular flexibility index (Phi) is 4.03. The number of nitrogens with two attached hydrogens (primary N) is 1. The topological polar surface area (TPSA) is 83.4 Å². The fourth-order valence-electron chi connectivity index (χ4n) is 1.63. The average Bonchev–Trinajstić information content (AvgIpc) is 2.95. The lowest BCUT2D eigenvalue weighted by Gasteiger charge is -2.11. The molecule has 0 aliphatic carbocycles. The largest absolute Gasteiger partial charge is 0.497 e. The summed E-state index contributed by atoms with van der Waals surface area (Å²) in [7, 11) is 2.89. The molecule has 0 aliphatic heterocycles. The van der Waals surface area contributed by atoms with E-state index in [9.17, 15) is 13.2 Å². The van der Waals surface area contributed by atoms with Crippen molar-refractivity contribution in [3.8, 4) is 11.5 Å². The fraction of sp³-hybridized carbons (Fsp3) is 0.333. The summed E-state index contributed by atoms with van der Waals surface area (Å²) in [4.78, 5) is 3.26. The molecule has 6 nitrogen and oxygen atoms in total. The Bertz CT molecular complexity index is 605. The molecule has 0 fully saturated rings. The van der Waals surface area contributed by atoms with Gasteiger partial charge < -0.3 is 19.7 Å². The van der Waals surface area contributed by atoms with Gasteiger partial charge in [-0.05, 0) is 17.7 Å². The number of hydrogen-bond donors (Lipinski definition) is 1. The third-order valence-corrected chi connectivity index (χ3v) is 2.70. The van der Waals surface area contributed by atoms with Crippen LogP contribution in [0.25, 0.3) is 0 Å². The van der Waals surface area contributed by atoms with Gasteiger partial charge in [-0.3, -0.25) is 0 Å². The van der Waals surface area contributed by atoms with Crippen LogP contribution >= 0.6 is 0 Å². The van der Waals surface area contributed by atoms with Gasteiger partial charge in [0.1, 0.15) is 11.5 Å². The standard InChI is InChI=1S/C12H12F3N3O3/c1-19-7-3-6(4-8(5-7)20-2)9(16)10-17-11(21-18-10)12(13,14)15/h3-5,9H,16H2,1-2H3. The molecule has 0 spiro atoms. The summed E-state index contributed by atoms with van der Waals surface area (Å²) in [5.41, 5.74) is 6.29. The molecule has 0 aliphatic rings. The molecule has 0 saturated heterocycles. The van der Waals surface area contributed by atoms with E-state index < -0.39 is 18.1 Å². The maximum Gasteiger partial charge on any atom is 0.471 e. The molecule has 0 saturated carbocycles. The number of halogens is 3. The van der Waals surface area contributed by atoms with E-state index in [0.717, 1.165) is 0 Å². The van der Waals surface area contributed by atoms with E-state index in [4.69, 9.17) is 15.2 Å². The number of ether oxygens (including phenoxy) is 2. The highest BCUT2D eigenvalue weighted by atomic mass is 19.4. The third-order valence-electron chi connectivity index (χ3n) is 2.70. The van der Waals surface area contributed by atoms with Crippen molar-refractivity contribution < 1.29 is 27.2 Å². The van der Waals surface area contributed by atoms with Gasteiger partial charge in [-0.2, -0.15) is 18.2 Å². The Hall–Kier alpha value is -2.29. The van der Waals surface area contributed by atoms with Crippen LogP contribution in [-0.2, 0) is 6.18 Å². The first-order valence-corrected chi connectivity index (χ1v) is 5.74. The summed E-state index contributed by atoms with van der Waals surface area (Å²) >= 11 is 0.